The fraction of sp³-hybridized carbons (Fsp3) is 0.111. The summed E-state index contributed by atoms with van der Waals surface area (Å²) in [4.78, 5) is 48.0. The maximum atomic E-state index is 9.62. The molecule has 7 N–H and O–H groups in total. The number of nitrogen functional groups attached to an aromatic ring is 2. The SMILES string of the molecule is COc1ccc(CN)cc1.COc1ccc(CNc2ncc3nc(-c4ccccc4)n(-c4cccc(N)c4)c3n2)cc1.Nc1cccc(-n2c(-c3ccccc3)nc3cnc(Cl)nc32)c1.O=CO[O-].[2H]CC(C)=O.[H-].[K+].[K+]. The average Bonchev–Trinajstić information content (AvgIpc) is 4.02. The van der Waals surface area contributed by atoms with Crippen molar-refractivity contribution in [2.45, 2.75) is 26.9 Å². The molecule has 0 saturated heterocycles. The van der Waals surface area contributed by atoms with Crippen LogP contribution in [0.2, 0.25) is 5.28 Å². The van der Waals surface area contributed by atoms with Gasteiger partial charge in [0, 0.05) is 37.0 Å². The number of nitrogens with zero attached hydrogens (tertiary/aromatic N) is 8. The number of ether oxygens (including phenoxy) is 2. The van der Waals surface area contributed by atoms with E-state index in [0.717, 1.165) is 56.8 Å². The molecule has 0 aliphatic heterocycles. The number of hydrogen-bond acceptors (Lipinski definition) is 16. The fourth-order valence-electron chi connectivity index (χ4n) is 6.88. The van der Waals surface area contributed by atoms with Gasteiger partial charge in [0.1, 0.15) is 40.0 Å². The Balaban J connectivity index is 0.000000302. The summed E-state index contributed by atoms with van der Waals surface area (Å²) in [5.41, 5.74) is 27.5. The molecule has 10 aromatic rings. The van der Waals surface area contributed by atoms with Crippen LogP contribution in [0.3, 0.4) is 0 Å². The first kappa shape index (κ1) is 59.9. The summed E-state index contributed by atoms with van der Waals surface area (Å²) in [5.74, 6) is 3.70. The molecular weight excluding hydrogens is 1030 g/mol. The minimum absolute atomic E-state index is 0. The van der Waals surface area contributed by atoms with E-state index in [4.69, 9.17) is 59.7 Å². The molecule has 6 aromatic carbocycles. The molecule has 0 radical (unpaired) electrons. The topological polar surface area (TPSA) is 262 Å². The van der Waals surface area contributed by atoms with Gasteiger partial charge in [-0.3, -0.25) is 13.9 Å². The van der Waals surface area contributed by atoms with Crippen molar-refractivity contribution in [2.24, 2.45) is 5.73 Å². The van der Waals surface area contributed by atoms with E-state index in [1.807, 2.05) is 167 Å². The van der Waals surface area contributed by atoms with Crippen molar-refractivity contribution < 1.29 is 135 Å². The Labute approximate surface area is 526 Å². The first-order chi connectivity index (χ1) is 36.0. The van der Waals surface area contributed by atoms with Gasteiger partial charge in [0.2, 0.25) is 11.2 Å². The molecule has 0 aliphatic carbocycles. The fourth-order valence-corrected chi connectivity index (χ4v) is 7.01. The number of hydrogen-bond donors (Lipinski definition) is 4. The summed E-state index contributed by atoms with van der Waals surface area (Å²) >= 11 is 5.98. The zero-order chi connectivity index (χ0) is 52.8. The molecule has 374 valence electrons. The summed E-state index contributed by atoms with van der Waals surface area (Å²) in [7, 11) is 3.31. The van der Waals surface area contributed by atoms with Crippen LogP contribution in [0.5, 0.6) is 11.5 Å². The molecular formula is C54H53ClK2N12O6. The molecule has 0 spiro atoms. The third-order valence-electron chi connectivity index (χ3n) is 10.1. The van der Waals surface area contributed by atoms with Crippen LogP contribution in [0.15, 0.2) is 170 Å². The zero-order valence-electron chi connectivity index (χ0n) is 44.0. The van der Waals surface area contributed by atoms with Crippen LogP contribution < -0.4 is 140 Å². The predicted molar refractivity (Wildman–Crippen MR) is 284 cm³/mol. The van der Waals surface area contributed by atoms with E-state index in [2.05, 4.69) is 30.1 Å². The van der Waals surface area contributed by atoms with Crippen molar-refractivity contribution in [1.29, 1.82) is 0 Å². The van der Waals surface area contributed by atoms with Gasteiger partial charge in [-0.1, -0.05) is 97.1 Å². The van der Waals surface area contributed by atoms with Gasteiger partial charge in [-0.05, 0) is 97.2 Å². The third kappa shape index (κ3) is 18.1. The summed E-state index contributed by atoms with van der Waals surface area (Å²) in [5, 5.41) is 11.9. The van der Waals surface area contributed by atoms with Crippen LogP contribution in [0.4, 0.5) is 17.3 Å². The minimum Gasteiger partial charge on any atom is -1.00 e. The molecule has 0 aliphatic rings. The first-order valence-electron chi connectivity index (χ1n) is 22.9. The second kappa shape index (κ2) is 31.8. The van der Waals surface area contributed by atoms with Gasteiger partial charge in [0.05, 0.1) is 38.0 Å². The molecule has 0 bridgehead atoms. The zero-order valence-corrected chi connectivity index (χ0v) is 49.0. The number of aromatic nitrogens is 8. The van der Waals surface area contributed by atoms with Gasteiger partial charge in [-0.25, -0.2) is 19.9 Å². The van der Waals surface area contributed by atoms with Crippen molar-refractivity contribution in [3.63, 3.8) is 0 Å². The normalized spacial score (nSPS) is 10.1. The largest absolute Gasteiger partial charge is 1.00 e. The summed E-state index contributed by atoms with van der Waals surface area (Å²) in [6, 6.07) is 50.8. The van der Waals surface area contributed by atoms with E-state index in [1.165, 1.54) is 6.92 Å². The summed E-state index contributed by atoms with van der Waals surface area (Å²) < 4.78 is 20.5. The van der Waals surface area contributed by atoms with Gasteiger partial charge in [-0.15, -0.1) is 0 Å². The maximum Gasteiger partial charge on any atom is 1.00 e. The number of fused-ring (bicyclic) bond motifs is 2. The van der Waals surface area contributed by atoms with Crippen LogP contribution in [-0.4, -0.2) is 65.5 Å². The van der Waals surface area contributed by atoms with Gasteiger partial charge in [-0.2, -0.15) is 9.97 Å². The number of anilines is 3. The van der Waals surface area contributed by atoms with Crippen LogP contribution in [0, 0.1) is 0 Å². The van der Waals surface area contributed by atoms with E-state index in [1.54, 1.807) is 26.6 Å². The van der Waals surface area contributed by atoms with E-state index in [9.17, 15) is 4.79 Å². The number of halogens is 1. The Morgan fingerprint density at radius 3 is 1.53 bits per heavy atom. The first-order valence-corrected chi connectivity index (χ1v) is 22.6. The van der Waals surface area contributed by atoms with Gasteiger partial charge >= 0.3 is 103 Å². The van der Waals surface area contributed by atoms with Crippen molar-refractivity contribution in [3.8, 4) is 45.6 Å². The van der Waals surface area contributed by atoms with Crippen molar-refractivity contribution in [1.82, 2.24) is 39.0 Å². The second-order valence-electron chi connectivity index (χ2n) is 15.4. The Kier molecular flexibility index (Phi) is 25.4. The number of rotatable bonds is 11. The molecule has 0 fully saturated rings. The Morgan fingerprint density at radius 1 is 0.680 bits per heavy atom. The Bertz CT molecular complexity index is 3360. The molecule has 10 rings (SSSR count). The van der Waals surface area contributed by atoms with E-state index in [-0.39, 0.29) is 129 Å². The van der Waals surface area contributed by atoms with E-state index in [0.29, 0.717) is 52.7 Å². The summed E-state index contributed by atoms with van der Waals surface area (Å²) in [6.07, 6.45) is 3.37. The molecule has 21 heteroatoms. The number of ketones is 1. The molecule has 18 nitrogen and oxygen atoms in total. The number of nitrogens with one attached hydrogen (secondary N) is 1. The van der Waals surface area contributed by atoms with Crippen LogP contribution in [0.1, 0.15) is 27.7 Å². The number of nitrogens with two attached hydrogens (primary N) is 3. The third-order valence-corrected chi connectivity index (χ3v) is 10.3. The number of benzene rings is 6. The van der Waals surface area contributed by atoms with E-state index >= 15 is 0 Å². The maximum absolute atomic E-state index is 9.62. The number of imidazole rings is 2. The molecule has 0 saturated carbocycles. The van der Waals surface area contributed by atoms with Crippen LogP contribution in [-0.2, 0) is 27.6 Å². The van der Waals surface area contributed by atoms with Crippen LogP contribution in [0.25, 0.3) is 56.5 Å². The monoisotopic (exact) mass is 1080 g/mol. The number of methoxy groups -OCH3 is 2. The van der Waals surface area contributed by atoms with Crippen LogP contribution >= 0.6 is 11.6 Å². The van der Waals surface area contributed by atoms with Gasteiger partial charge < -0.3 is 48.4 Å². The minimum atomic E-state index is -0.181. The van der Waals surface area contributed by atoms with Gasteiger partial charge in [0.15, 0.2) is 11.3 Å². The quantitative estimate of drug-likeness (QED) is 0.0363. The summed E-state index contributed by atoms with van der Waals surface area (Å²) in [6.45, 7) is 2.31. The number of carbonyl (C=O) groups excluding carboxylic acids is 2. The van der Waals surface area contributed by atoms with Gasteiger partial charge in [0.25, 0.3) is 6.47 Å². The molecule has 0 amide bonds. The Morgan fingerprint density at radius 2 is 1.12 bits per heavy atom. The molecule has 0 atom stereocenters. The van der Waals surface area contributed by atoms with Crippen molar-refractivity contribution >= 4 is 63.5 Å². The number of carbonyl (C=O) groups is 2. The molecule has 4 aromatic heterocycles. The second-order valence-corrected chi connectivity index (χ2v) is 15.7. The van der Waals surface area contributed by atoms with E-state index < -0.39 is 0 Å². The Hall–Kier alpha value is -5.96. The molecule has 0 unspecified atom stereocenters. The average molecular weight is 1080 g/mol. The number of Topliss-reactive ketones (excluding diaryl/α,β-unsaturated/α-hetero) is 1. The molecule has 75 heavy (non-hydrogen) atoms. The predicted octanol–water partition coefficient (Wildman–Crippen LogP) is 2.71. The standard InChI is InChI=1S/C25H22N6O.C17H12ClN5.C8H11NO.C3H6O.CH2O3.2K.H/c1-32-21-12-10-17(11-13-21)15-27-25-28-16-22-24(30-25)31(20-9-5-8-19(26)14-20)23(29-22)18-6-3-2-4-7-18;18-17-20-10-14-16(22-17)23(13-8-4-7-12(19)9-13)15(21-14)11-5-2-1-3-6-11;1-10-8-4-2-7(6-9)3-5-8;1-3(2)4;2-1-4-3;;;/h2-14,16H,15,26H2,1H3,(H,27,28,30);1-10H,19H2;2-5H,6,9H2,1H3;1-2H3;1,3H;;;/q;;;;;2*+1;-1/p-1/i;;;1D;;;;. The smallest absolute Gasteiger partial charge is 1.00 e. The van der Waals surface area contributed by atoms with Crippen molar-refractivity contribution in [2.75, 3.05) is 31.0 Å². The molecule has 4 heterocycles. The van der Waals surface area contributed by atoms with Crippen molar-refractivity contribution in [3.05, 3.63) is 187 Å².